The molecule has 0 radical (unpaired) electrons. The Hall–Kier alpha value is -2.45. The van der Waals surface area contributed by atoms with Gasteiger partial charge < -0.3 is 25.2 Å². The first kappa shape index (κ1) is 25.8. The van der Waals surface area contributed by atoms with Gasteiger partial charge in [-0.25, -0.2) is 0 Å². The van der Waals surface area contributed by atoms with Gasteiger partial charge in [0.2, 0.25) is 5.91 Å². The maximum absolute atomic E-state index is 12.9. The van der Waals surface area contributed by atoms with E-state index in [4.69, 9.17) is 9.47 Å². The lowest BCUT2D eigenvalue weighted by atomic mass is 9.45. The van der Waals surface area contributed by atoms with E-state index in [-0.39, 0.29) is 53.2 Å². The third kappa shape index (κ3) is 4.24. The van der Waals surface area contributed by atoms with Crippen LogP contribution in [0.15, 0.2) is 35.6 Å². The van der Waals surface area contributed by atoms with E-state index < -0.39 is 11.9 Å². The van der Waals surface area contributed by atoms with E-state index in [9.17, 15) is 19.5 Å². The van der Waals surface area contributed by atoms with E-state index in [0.29, 0.717) is 54.9 Å². The molecular weight excluding hydrogens is 484 g/mol. The van der Waals surface area contributed by atoms with Gasteiger partial charge in [0.25, 0.3) is 5.91 Å². The lowest BCUT2D eigenvalue weighted by molar-refractivity contribution is -0.118. The molecule has 3 heterocycles. The first-order valence-corrected chi connectivity index (χ1v) is 14.4. The van der Waals surface area contributed by atoms with Crippen molar-refractivity contribution in [3.63, 3.8) is 0 Å². The zero-order chi connectivity index (χ0) is 26.7. The summed E-state index contributed by atoms with van der Waals surface area (Å²) in [7, 11) is 1.80. The van der Waals surface area contributed by atoms with Crippen LogP contribution in [-0.2, 0) is 23.9 Å². The maximum atomic E-state index is 12.9. The first-order valence-electron chi connectivity index (χ1n) is 14.4. The summed E-state index contributed by atoms with van der Waals surface area (Å²) in [6.07, 6.45) is 11.7. The topological polar surface area (TPSA) is 117 Å². The number of nitrogens with one attached hydrogen (secondary N) is 2. The van der Waals surface area contributed by atoms with Crippen molar-refractivity contribution in [3.8, 4) is 0 Å². The molecule has 6 bridgehead atoms. The van der Waals surface area contributed by atoms with Crippen LogP contribution in [0.1, 0.15) is 46.0 Å². The second-order valence-corrected chi connectivity index (χ2v) is 12.4. The molecule has 12 atom stereocenters. The van der Waals surface area contributed by atoms with Crippen LogP contribution in [0, 0.1) is 47.3 Å². The normalized spacial score (nSPS) is 48.7. The Labute approximate surface area is 224 Å². The van der Waals surface area contributed by atoms with Crippen molar-refractivity contribution in [1.82, 2.24) is 10.6 Å². The predicted molar refractivity (Wildman–Crippen MR) is 140 cm³/mol. The molecule has 0 spiro atoms. The third-order valence-electron chi connectivity index (χ3n) is 10.6. The highest BCUT2D eigenvalue weighted by atomic mass is 16.6. The number of allylic oxidation sites excluding steroid dienone is 3. The number of fused-ring (bicyclic) bond motifs is 7. The summed E-state index contributed by atoms with van der Waals surface area (Å²) in [5.74, 6) is 2.01. The number of hydrogen-bond acceptors (Lipinski definition) is 6. The van der Waals surface area contributed by atoms with Crippen LogP contribution < -0.4 is 10.6 Å². The van der Waals surface area contributed by atoms with Crippen molar-refractivity contribution in [1.29, 1.82) is 0 Å². The molecule has 3 N–H and O–H groups in total. The molecule has 2 amide bonds. The van der Waals surface area contributed by atoms with Crippen molar-refractivity contribution in [2.45, 2.75) is 70.3 Å². The molecular formula is C30H40N2O6. The van der Waals surface area contributed by atoms with Gasteiger partial charge in [-0.2, -0.15) is 0 Å². The smallest absolute Gasteiger partial charge is 0.259 e. The van der Waals surface area contributed by atoms with E-state index in [1.807, 2.05) is 12.2 Å². The van der Waals surface area contributed by atoms with Crippen LogP contribution >= 0.6 is 0 Å². The number of epoxide rings is 1. The molecule has 2 saturated heterocycles. The van der Waals surface area contributed by atoms with Crippen LogP contribution in [0.5, 0.6) is 0 Å². The van der Waals surface area contributed by atoms with Gasteiger partial charge in [0.1, 0.15) is 11.3 Å². The van der Waals surface area contributed by atoms with E-state index in [2.05, 4.69) is 24.5 Å². The lowest BCUT2D eigenvalue weighted by Crippen LogP contribution is -2.57. The second-order valence-electron chi connectivity index (χ2n) is 12.4. The fourth-order valence-electron chi connectivity index (χ4n) is 9.00. The summed E-state index contributed by atoms with van der Waals surface area (Å²) in [6.45, 7) is 4.96. The van der Waals surface area contributed by atoms with Gasteiger partial charge in [-0.15, -0.1) is 0 Å². The molecule has 0 aromatic carbocycles. The number of Topliss-reactive ketones (excluding diaryl/α,β-unsaturated/α-hetero) is 1. The van der Waals surface area contributed by atoms with Gasteiger partial charge in [0.05, 0.1) is 24.4 Å². The number of ether oxygens (including phenoxy) is 2. The summed E-state index contributed by atoms with van der Waals surface area (Å²) >= 11 is 0. The van der Waals surface area contributed by atoms with Crippen molar-refractivity contribution in [2.24, 2.45) is 47.3 Å². The molecule has 8 heteroatoms. The highest BCUT2D eigenvalue weighted by Gasteiger charge is 2.68. The predicted octanol–water partition coefficient (Wildman–Crippen LogP) is 2.85. The van der Waals surface area contributed by atoms with E-state index in [1.165, 1.54) is 0 Å². The molecule has 3 aliphatic carbocycles. The van der Waals surface area contributed by atoms with Gasteiger partial charge in [-0.3, -0.25) is 14.4 Å². The number of carbonyl (C=O) groups excluding carboxylic acids is 3. The summed E-state index contributed by atoms with van der Waals surface area (Å²) in [6, 6.07) is -0.666. The fraction of sp³-hybridized carbons (Fsp3) is 0.700. The number of amides is 2. The average molecular weight is 525 g/mol. The molecule has 38 heavy (non-hydrogen) atoms. The highest BCUT2D eigenvalue weighted by Crippen LogP contribution is 2.66. The van der Waals surface area contributed by atoms with Crippen molar-refractivity contribution in [3.05, 3.63) is 35.6 Å². The Kier molecular flexibility index (Phi) is 6.75. The molecule has 5 fully saturated rings. The van der Waals surface area contributed by atoms with Gasteiger partial charge in [-0.1, -0.05) is 19.1 Å². The van der Waals surface area contributed by atoms with Crippen LogP contribution in [0.4, 0.5) is 0 Å². The molecule has 206 valence electrons. The standard InChI is InChI=1S/C30H40N2O6/c1-14-12-18-19-13-16-9-10-21(33)26-27(35)20(32-30(26)36)7-5-11-31-22(34)8-4-6-17(16)24(18)28-29(38-28)25(19)23(14)15(2)37-3/h4,8-10,14-20,23-25,28-29,33H,5-7,11-13H2,1-3H3,(H,31,34)(H,32,36)/b8-4-,10-9+,26-21+. The number of carbonyl (C=O) groups is 3. The Bertz CT molecular complexity index is 1100. The molecule has 0 aromatic heterocycles. The number of aliphatic hydroxyl groups is 1. The van der Waals surface area contributed by atoms with Crippen LogP contribution in [0.25, 0.3) is 0 Å². The number of ketones is 1. The maximum Gasteiger partial charge on any atom is 0.259 e. The van der Waals surface area contributed by atoms with E-state index in [0.717, 1.165) is 19.3 Å². The van der Waals surface area contributed by atoms with Crippen LogP contribution in [-0.4, -0.2) is 60.7 Å². The lowest BCUT2D eigenvalue weighted by Gasteiger charge is -2.58. The Morgan fingerprint density at radius 2 is 1.84 bits per heavy atom. The molecule has 3 aliphatic heterocycles. The second kappa shape index (κ2) is 9.94. The van der Waals surface area contributed by atoms with E-state index in [1.54, 1.807) is 19.3 Å². The molecule has 6 aliphatic rings. The van der Waals surface area contributed by atoms with Crippen molar-refractivity contribution < 1.29 is 29.0 Å². The molecule has 6 rings (SSSR count). The number of hydrogen-bond donors (Lipinski definition) is 3. The average Bonchev–Trinajstić information content (AvgIpc) is 3.60. The largest absolute Gasteiger partial charge is 0.507 e. The minimum atomic E-state index is -0.666. The number of rotatable bonds is 2. The minimum absolute atomic E-state index is 0.134. The molecule has 3 saturated carbocycles. The SMILES string of the molecule is COC(C)C1C(C)CC2C3CC4/C=C/C(O)=C5\C(=O)NC(CCCNC(=O)/C=C\CC4C2C2OC2C31)C5=O. The van der Waals surface area contributed by atoms with Gasteiger partial charge in [0.15, 0.2) is 5.78 Å². The highest BCUT2D eigenvalue weighted by molar-refractivity contribution is 6.27. The number of aliphatic hydroxyl groups excluding tert-OH is 1. The summed E-state index contributed by atoms with van der Waals surface area (Å²) in [5, 5.41) is 16.5. The minimum Gasteiger partial charge on any atom is -0.507 e. The van der Waals surface area contributed by atoms with Gasteiger partial charge in [-0.05, 0) is 98.5 Å². The Morgan fingerprint density at radius 3 is 2.63 bits per heavy atom. The third-order valence-corrected chi connectivity index (χ3v) is 10.6. The summed E-state index contributed by atoms with van der Waals surface area (Å²) in [4.78, 5) is 37.9. The zero-order valence-corrected chi connectivity index (χ0v) is 22.5. The zero-order valence-electron chi connectivity index (χ0n) is 22.5. The molecule has 12 unspecified atom stereocenters. The quantitative estimate of drug-likeness (QED) is 0.378. The van der Waals surface area contributed by atoms with Gasteiger partial charge >= 0.3 is 0 Å². The number of methoxy groups -OCH3 is 1. The Morgan fingerprint density at radius 1 is 1.08 bits per heavy atom. The Balaban J connectivity index is 1.35. The van der Waals surface area contributed by atoms with E-state index >= 15 is 0 Å². The molecule has 0 aromatic rings. The van der Waals surface area contributed by atoms with Crippen molar-refractivity contribution in [2.75, 3.05) is 13.7 Å². The molecule has 8 nitrogen and oxygen atoms in total. The van der Waals surface area contributed by atoms with Crippen LogP contribution in [0.2, 0.25) is 0 Å². The van der Waals surface area contributed by atoms with Gasteiger partial charge in [0, 0.05) is 13.7 Å². The summed E-state index contributed by atoms with van der Waals surface area (Å²) < 4.78 is 12.3. The first-order chi connectivity index (χ1) is 18.3. The monoisotopic (exact) mass is 524 g/mol. The fourth-order valence-corrected chi connectivity index (χ4v) is 9.00. The van der Waals surface area contributed by atoms with Crippen LogP contribution in [0.3, 0.4) is 0 Å². The summed E-state index contributed by atoms with van der Waals surface area (Å²) in [5.41, 5.74) is -0.153. The van der Waals surface area contributed by atoms with Crippen molar-refractivity contribution >= 4 is 17.6 Å².